The van der Waals surface area contributed by atoms with E-state index in [2.05, 4.69) is 13.8 Å². The molecule has 0 radical (unpaired) electrons. The lowest BCUT2D eigenvalue weighted by atomic mass is 9.98. The number of hydrogen-bond acceptors (Lipinski definition) is 6. The van der Waals surface area contributed by atoms with E-state index in [1.807, 2.05) is 0 Å². The predicted molar refractivity (Wildman–Crippen MR) is 132 cm³/mol. The molecule has 3 aromatic rings. The summed E-state index contributed by atoms with van der Waals surface area (Å²) in [5, 5.41) is 11.6. The number of hydrogen-bond donors (Lipinski definition) is 1. The zero-order valence-corrected chi connectivity index (χ0v) is 20.1. The topological polar surface area (TPSA) is 89.9 Å². The highest BCUT2D eigenvalue weighted by atomic mass is 16.5. The number of aromatic hydroxyl groups is 1. The van der Waals surface area contributed by atoms with E-state index in [1.165, 1.54) is 26.0 Å². The lowest BCUT2D eigenvalue weighted by Crippen LogP contribution is -2.11. The second-order valence-electron chi connectivity index (χ2n) is 8.80. The smallest absolute Gasteiger partial charge is 0.347 e. The van der Waals surface area contributed by atoms with Crippen LogP contribution in [-0.4, -0.2) is 12.2 Å². The van der Waals surface area contributed by atoms with Gasteiger partial charge in [-0.15, -0.1) is 0 Å². The molecule has 0 saturated carbocycles. The van der Waals surface area contributed by atoms with Crippen LogP contribution in [0.4, 0.5) is 0 Å². The Morgan fingerprint density at radius 3 is 2.09 bits per heavy atom. The van der Waals surface area contributed by atoms with Gasteiger partial charge in [0.25, 0.3) is 0 Å². The Morgan fingerprint density at radius 1 is 0.818 bits per heavy atom. The molecule has 0 spiro atoms. The summed E-state index contributed by atoms with van der Waals surface area (Å²) in [6, 6.07) is 3.09. The molecule has 0 aliphatic carbocycles. The van der Waals surface area contributed by atoms with E-state index in [-0.39, 0.29) is 28.1 Å². The molecule has 0 aliphatic rings. The van der Waals surface area contributed by atoms with Gasteiger partial charge in [0.1, 0.15) is 11.0 Å². The number of rotatable bonds is 13. The van der Waals surface area contributed by atoms with Crippen LogP contribution in [0.3, 0.4) is 0 Å². The quantitative estimate of drug-likeness (QED) is 0.176. The van der Waals surface area contributed by atoms with Crippen molar-refractivity contribution in [3.8, 4) is 11.5 Å². The molecular formula is C27H36O6. The molecular weight excluding hydrogens is 420 g/mol. The Labute approximate surface area is 194 Å². The summed E-state index contributed by atoms with van der Waals surface area (Å²) < 4.78 is 16.6. The first kappa shape index (κ1) is 24.9. The largest absolute Gasteiger partial charge is 0.504 e. The molecule has 1 N–H and O–H groups in total. The minimum atomic E-state index is -0.560. The molecule has 6 heteroatoms. The average molecular weight is 457 g/mol. The van der Waals surface area contributed by atoms with E-state index in [9.17, 15) is 14.7 Å². The second kappa shape index (κ2) is 11.9. The van der Waals surface area contributed by atoms with Gasteiger partial charge in [0.05, 0.1) is 12.5 Å². The highest BCUT2D eigenvalue weighted by molar-refractivity contribution is 6.04. The second-order valence-corrected chi connectivity index (χ2v) is 8.80. The Hall–Kier alpha value is -2.76. The summed E-state index contributed by atoms with van der Waals surface area (Å²) >= 11 is 0. The van der Waals surface area contributed by atoms with Gasteiger partial charge in [-0.1, -0.05) is 65.2 Å². The molecule has 0 unspecified atom stereocenters. The maximum atomic E-state index is 12.8. The molecule has 0 atom stereocenters. The first-order valence-electron chi connectivity index (χ1n) is 12.3. The lowest BCUT2D eigenvalue weighted by Gasteiger charge is -2.13. The molecule has 0 fully saturated rings. The molecule has 2 aromatic heterocycles. The highest BCUT2D eigenvalue weighted by Crippen LogP contribution is 2.39. The Kier molecular flexibility index (Phi) is 8.98. The minimum absolute atomic E-state index is 0.00158. The normalized spacial score (nSPS) is 11.5. The van der Waals surface area contributed by atoms with Gasteiger partial charge in [0, 0.05) is 17.2 Å². The monoisotopic (exact) mass is 456 g/mol. The van der Waals surface area contributed by atoms with E-state index < -0.39 is 11.3 Å². The molecule has 180 valence electrons. The van der Waals surface area contributed by atoms with E-state index >= 15 is 0 Å². The third-order valence-corrected chi connectivity index (χ3v) is 6.30. The maximum Gasteiger partial charge on any atom is 0.347 e. The number of phenols is 1. The fourth-order valence-corrected chi connectivity index (χ4v) is 4.41. The van der Waals surface area contributed by atoms with E-state index in [0.29, 0.717) is 29.4 Å². The summed E-state index contributed by atoms with van der Waals surface area (Å²) in [5.74, 6) is 0.234. The van der Waals surface area contributed by atoms with Crippen molar-refractivity contribution in [2.45, 2.75) is 90.9 Å². The first-order chi connectivity index (χ1) is 16.0. The van der Waals surface area contributed by atoms with E-state index in [4.69, 9.17) is 13.6 Å². The fourth-order valence-electron chi connectivity index (χ4n) is 4.41. The number of ether oxygens (including phenoxy) is 1. The van der Waals surface area contributed by atoms with Crippen molar-refractivity contribution >= 4 is 21.9 Å². The molecule has 1 aromatic carbocycles. The number of benzene rings is 1. The molecule has 6 nitrogen and oxygen atoms in total. The van der Waals surface area contributed by atoms with Gasteiger partial charge in [-0.2, -0.15) is 0 Å². The molecule has 0 saturated heterocycles. The zero-order valence-electron chi connectivity index (χ0n) is 20.1. The van der Waals surface area contributed by atoms with Gasteiger partial charge < -0.3 is 18.7 Å². The third-order valence-electron chi connectivity index (χ3n) is 6.30. The summed E-state index contributed by atoms with van der Waals surface area (Å²) in [6.45, 7) is 4.32. The standard InChI is InChI=1S/C27H36O6/c1-4-6-8-10-12-14-18-16-20-25(33-26(18)29)23-19(15-13-11-9-7-5-2)24(28)22(31-3)17-21(23)32-27(20)30/h16-17,28H,4-15H2,1-3H3. The average Bonchev–Trinajstić information content (AvgIpc) is 2.80. The van der Waals surface area contributed by atoms with Crippen LogP contribution >= 0.6 is 0 Å². The summed E-state index contributed by atoms with van der Waals surface area (Å²) in [7, 11) is 1.46. The van der Waals surface area contributed by atoms with Crippen LogP contribution in [0.2, 0.25) is 0 Å². The molecule has 0 amide bonds. The van der Waals surface area contributed by atoms with Crippen molar-refractivity contribution < 1.29 is 18.7 Å². The van der Waals surface area contributed by atoms with Crippen molar-refractivity contribution in [2.75, 3.05) is 7.11 Å². The van der Waals surface area contributed by atoms with Gasteiger partial charge in [0.15, 0.2) is 17.1 Å². The van der Waals surface area contributed by atoms with Gasteiger partial charge in [-0.25, -0.2) is 9.59 Å². The molecule has 2 heterocycles. The summed E-state index contributed by atoms with van der Waals surface area (Å²) in [6.07, 6.45) is 11.8. The molecule has 0 bridgehead atoms. The number of unbranched alkanes of at least 4 members (excludes halogenated alkanes) is 8. The van der Waals surface area contributed by atoms with Crippen LogP contribution in [0.25, 0.3) is 21.9 Å². The van der Waals surface area contributed by atoms with Crippen LogP contribution in [0.5, 0.6) is 11.5 Å². The molecule has 0 aliphatic heterocycles. The number of fused-ring (bicyclic) bond motifs is 3. The van der Waals surface area contributed by atoms with Crippen molar-refractivity contribution in [3.63, 3.8) is 0 Å². The van der Waals surface area contributed by atoms with Crippen LogP contribution in [0.15, 0.2) is 30.6 Å². The summed E-state index contributed by atoms with van der Waals surface area (Å²) in [5.41, 5.74) is 0.516. The Bertz CT molecular complexity index is 1190. The predicted octanol–water partition coefficient (Wildman–Crippen LogP) is 6.64. The maximum absolute atomic E-state index is 12.8. The Morgan fingerprint density at radius 2 is 1.45 bits per heavy atom. The van der Waals surface area contributed by atoms with Crippen LogP contribution in [0, 0.1) is 0 Å². The first-order valence-corrected chi connectivity index (χ1v) is 12.3. The number of methoxy groups -OCH3 is 1. The van der Waals surface area contributed by atoms with Crippen molar-refractivity contribution in [1.82, 2.24) is 0 Å². The van der Waals surface area contributed by atoms with Gasteiger partial charge in [-0.3, -0.25) is 0 Å². The lowest BCUT2D eigenvalue weighted by molar-refractivity contribution is 0.370. The number of aryl methyl sites for hydroxylation is 2. The zero-order chi connectivity index (χ0) is 23.8. The fraction of sp³-hybridized carbons (Fsp3) is 0.556. The molecule has 33 heavy (non-hydrogen) atoms. The van der Waals surface area contributed by atoms with Gasteiger partial charge in [0.2, 0.25) is 0 Å². The summed E-state index contributed by atoms with van der Waals surface area (Å²) in [4.78, 5) is 25.5. The van der Waals surface area contributed by atoms with Gasteiger partial charge >= 0.3 is 11.3 Å². The highest BCUT2D eigenvalue weighted by Gasteiger charge is 2.21. The van der Waals surface area contributed by atoms with E-state index in [1.54, 1.807) is 6.07 Å². The SMILES string of the molecule is CCCCCCCc1cc2c(=O)oc3cc(OC)c(O)c(CCCCCCC)c3c2oc1=O. The van der Waals surface area contributed by atoms with Crippen LogP contribution in [0.1, 0.15) is 89.2 Å². The third kappa shape index (κ3) is 5.79. The van der Waals surface area contributed by atoms with Crippen LogP contribution in [-0.2, 0) is 12.8 Å². The van der Waals surface area contributed by atoms with Crippen molar-refractivity contribution in [1.29, 1.82) is 0 Å². The van der Waals surface area contributed by atoms with E-state index in [0.717, 1.165) is 51.4 Å². The van der Waals surface area contributed by atoms with Crippen molar-refractivity contribution in [2.24, 2.45) is 0 Å². The Balaban J connectivity index is 2.05. The number of phenolic OH excluding ortho intramolecular Hbond substituents is 1. The molecule has 3 rings (SSSR count). The van der Waals surface area contributed by atoms with Crippen LogP contribution < -0.4 is 16.0 Å². The van der Waals surface area contributed by atoms with Gasteiger partial charge in [-0.05, 0) is 31.7 Å². The van der Waals surface area contributed by atoms with Crippen molar-refractivity contribution in [3.05, 3.63) is 44.1 Å². The minimum Gasteiger partial charge on any atom is -0.504 e.